The Labute approximate surface area is 179 Å². The molecule has 3 heterocycles. The first-order chi connectivity index (χ1) is 15.1. The highest BCUT2D eigenvalue weighted by molar-refractivity contribution is 5.97. The summed E-state index contributed by atoms with van der Waals surface area (Å²) >= 11 is 0. The van der Waals surface area contributed by atoms with Crippen molar-refractivity contribution < 1.29 is 4.79 Å². The summed E-state index contributed by atoms with van der Waals surface area (Å²) in [6, 6.07) is 15.5. The summed E-state index contributed by atoms with van der Waals surface area (Å²) < 4.78 is 2.17. The maximum absolute atomic E-state index is 13.1. The number of nitriles is 1. The number of hydrogen-bond donors (Lipinski definition) is 1. The lowest BCUT2D eigenvalue weighted by Gasteiger charge is -2.22. The first-order valence-electron chi connectivity index (χ1n) is 10.4. The van der Waals surface area contributed by atoms with Gasteiger partial charge in [-0.2, -0.15) is 10.4 Å². The molecular weight excluding hydrogens is 388 g/mol. The molecule has 0 aliphatic carbocycles. The number of aromatic nitrogens is 4. The Bertz CT molecular complexity index is 1280. The van der Waals surface area contributed by atoms with E-state index in [0.717, 1.165) is 35.1 Å². The van der Waals surface area contributed by atoms with Crippen molar-refractivity contribution >= 4 is 16.9 Å². The number of likely N-dealkylation sites (tertiary alicyclic amines) is 1. The number of H-pyrrole nitrogens is 1. The topological polar surface area (TPSA) is 90.6 Å². The Balaban J connectivity index is 1.34. The molecule has 1 aliphatic heterocycles. The van der Waals surface area contributed by atoms with Crippen LogP contribution in [0, 0.1) is 17.2 Å². The normalized spacial score (nSPS) is 18.4. The molecule has 2 aromatic carbocycles. The maximum Gasteiger partial charge on any atom is 0.255 e. The molecule has 1 aliphatic rings. The Morgan fingerprint density at radius 2 is 2.13 bits per heavy atom. The molecule has 0 bridgehead atoms. The van der Waals surface area contributed by atoms with Gasteiger partial charge in [0.15, 0.2) is 0 Å². The number of carbonyl (C=O) groups excluding carboxylic acids is 1. The third-order valence-corrected chi connectivity index (χ3v) is 6.11. The molecule has 7 heteroatoms. The van der Waals surface area contributed by atoms with Gasteiger partial charge in [-0.05, 0) is 49.1 Å². The molecule has 2 unspecified atom stereocenters. The van der Waals surface area contributed by atoms with Crippen LogP contribution >= 0.6 is 0 Å². The van der Waals surface area contributed by atoms with Gasteiger partial charge >= 0.3 is 0 Å². The number of nitrogens with one attached hydrogen (secondary N) is 1. The van der Waals surface area contributed by atoms with Crippen LogP contribution in [0.4, 0.5) is 0 Å². The van der Waals surface area contributed by atoms with Crippen molar-refractivity contribution in [2.24, 2.45) is 5.92 Å². The maximum atomic E-state index is 13.1. The fraction of sp³-hybridized carbons (Fsp3) is 0.250. The number of benzene rings is 2. The zero-order chi connectivity index (χ0) is 21.4. The van der Waals surface area contributed by atoms with E-state index in [9.17, 15) is 10.1 Å². The Morgan fingerprint density at radius 1 is 1.26 bits per heavy atom. The van der Waals surface area contributed by atoms with Crippen molar-refractivity contribution in [2.45, 2.75) is 25.9 Å². The van der Waals surface area contributed by atoms with Crippen molar-refractivity contribution in [3.63, 3.8) is 0 Å². The van der Waals surface area contributed by atoms with E-state index in [1.165, 1.54) is 0 Å². The highest BCUT2D eigenvalue weighted by Gasteiger charge is 2.34. The van der Waals surface area contributed by atoms with Gasteiger partial charge in [0.1, 0.15) is 0 Å². The van der Waals surface area contributed by atoms with Crippen molar-refractivity contribution in [1.82, 2.24) is 24.6 Å². The predicted molar refractivity (Wildman–Crippen MR) is 117 cm³/mol. The minimum atomic E-state index is -0.0626. The lowest BCUT2D eigenvalue weighted by atomic mass is 10.1. The van der Waals surface area contributed by atoms with Crippen LogP contribution in [-0.2, 0) is 6.54 Å². The second-order valence-electron chi connectivity index (χ2n) is 8.15. The molecule has 2 atom stereocenters. The molecule has 1 saturated heterocycles. The van der Waals surface area contributed by atoms with Gasteiger partial charge in [0.2, 0.25) is 0 Å². The van der Waals surface area contributed by atoms with Gasteiger partial charge in [0.25, 0.3) is 5.91 Å². The molecule has 4 aromatic rings. The van der Waals surface area contributed by atoms with Crippen molar-refractivity contribution in [2.75, 3.05) is 6.54 Å². The molecule has 0 radical (unpaired) electrons. The first-order valence-corrected chi connectivity index (χ1v) is 10.4. The van der Waals surface area contributed by atoms with E-state index >= 15 is 0 Å². The quantitative estimate of drug-likeness (QED) is 0.553. The van der Waals surface area contributed by atoms with E-state index in [-0.39, 0.29) is 11.9 Å². The monoisotopic (exact) mass is 410 g/mol. The SMILES string of the molecule is CC1CC(Cn2cnc3cc(-c4cn[nH]c4)ccc32)CN1C(=O)c1ccccc1C#N. The van der Waals surface area contributed by atoms with E-state index in [1.54, 1.807) is 24.4 Å². The molecule has 5 rings (SSSR count). The third kappa shape index (κ3) is 3.46. The molecule has 1 fully saturated rings. The smallest absolute Gasteiger partial charge is 0.255 e. The fourth-order valence-electron chi connectivity index (χ4n) is 4.56. The Morgan fingerprint density at radius 3 is 2.94 bits per heavy atom. The zero-order valence-electron chi connectivity index (χ0n) is 17.2. The van der Waals surface area contributed by atoms with Gasteiger partial charge in [0.05, 0.1) is 40.8 Å². The van der Waals surface area contributed by atoms with Crippen molar-refractivity contribution in [3.8, 4) is 17.2 Å². The van der Waals surface area contributed by atoms with Crippen LogP contribution in [0.1, 0.15) is 29.3 Å². The second kappa shape index (κ2) is 7.73. The van der Waals surface area contributed by atoms with Gasteiger partial charge in [0, 0.05) is 30.9 Å². The van der Waals surface area contributed by atoms with Gasteiger partial charge in [-0.1, -0.05) is 18.2 Å². The average molecular weight is 410 g/mol. The van der Waals surface area contributed by atoms with Crippen LogP contribution in [0.15, 0.2) is 61.2 Å². The minimum absolute atomic E-state index is 0.0626. The molecule has 7 nitrogen and oxygen atoms in total. The van der Waals surface area contributed by atoms with Crippen LogP contribution in [0.2, 0.25) is 0 Å². The first kappa shape index (κ1) is 19.1. The number of fused-ring (bicyclic) bond motifs is 1. The van der Waals surface area contributed by atoms with Crippen LogP contribution in [0.25, 0.3) is 22.2 Å². The Hall–Kier alpha value is -3.92. The average Bonchev–Trinajstić information content (AvgIpc) is 3.54. The molecule has 31 heavy (non-hydrogen) atoms. The molecule has 154 valence electrons. The van der Waals surface area contributed by atoms with E-state index in [1.807, 2.05) is 23.5 Å². The summed E-state index contributed by atoms with van der Waals surface area (Å²) in [7, 11) is 0. The lowest BCUT2D eigenvalue weighted by Crippen LogP contribution is -2.34. The highest BCUT2D eigenvalue weighted by atomic mass is 16.2. The van der Waals surface area contributed by atoms with Gasteiger partial charge in [-0.25, -0.2) is 4.98 Å². The fourth-order valence-corrected chi connectivity index (χ4v) is 4.56. The van der Waals surface area contributed by atoms with E-state index in [0.29, 0.717) is 23.6 Å². The molecular formula is C24H22N6O. The van der Waals surface area contributed by atoms with Gasteiger partial charge in [-0.3, -0.25) is 9.89 Å². The van der Waals surface area contributed by atoms with Crippen molar-refractivity contribution in [3.05, 3.63) is 72.3 Å². The summed E-state index contributed by atoms with van der Waals surface area (Å²) in [6.45, 7) is 3.55. The number of imidazole rings is 1. The molecule has 1 N–H and O–H groups in total. The highest BCUT2D eigenvalue weighted by Crippen LogP contribution is 2.29. The number of hydrogen-bond acceptors (Lipinski definition) is 4. The summed E-state index contributed by atoms with van der Waals surface area (Å²) in [6.07, 6.45) is 6.47. The Kier molecular flexibility index (Phi) is 4.75. The predicted octanol–water partition coefficient (Wildman–Crippen LogP) is 3.85. The molecule has 0 saturated carbocycles. The molecule has 2 aromatic heterocycles. The summed E-state index contributed by atoms with van der Waals surface area (Å²) in [5.74, 6) is 0.270. The lowest BCUT2D eigenvalue weighted by molar-refractivity contribution is 0.0742. The minimum Gasteiger partial charge on any atom is -0.336 e. The number of rotatable bonds is 4. The standard InChI is InChI=1S/C24H22N6O/c1-16-8-17(14-30(16)24(31)21-5-3-2-4-19(21)10-25)13-29-15-26-22-9-18(6-7-23(22)29)20-11-27-28-12-20/h2-7,9,11-12,15-17H,8,13-14H2,1H3,(H,27,28). The van der Waals surface area contributed by atoms with Gasteiger partial charge < -0.3 is 9.47 Å². The van der Waals surface area contributed by atoms with Crippen molar-refractivity contribution in [1.29, 1.82) is 5.26 Å². The summed E-state index contributed by atoms with van der Waals surface area (Å²) in [5.41, 5.74) is 5.05. The summed E-state index contributed by atoms with van der Waals surface area (Å²) in [5, 5.41) is 16.2. The van der Waals surface area contributed by atoms with E-state index in [4.69, 9.17) is 0 Å². The number of nitrogens with zero attached hydrogens (tertiary/aromatic N) is 5. The summed E-state index contributed by atoms with van der Waals surface area (Å²) in [4.78, 5) is 19.6. The van der Waals surface area contributed by atoms with Crippen LogP contribution in [0.3, 0.4) is 0 Å². The van der Waals surface area contributed by atoms with Crippen LogP contribution in [0.5, 0.6) is 0 Å². The van der Waals surface area contributed by atoms with Gasteiger partial charge in [-0.15, -0.1) is 0 Å². The zero-order valence-corrected chi connectivity index (χ0v) is 17.2. The van der Waals surface area contributed by atoms with Crippen LogP contribution < -0.4 is 0 Å². The molecule has 0 spiro atoms. The largest absolute Gasteiger partial charge is 0.336 e. The second-order valence-corrected chi connectivity index (χ2v) is 8.15. The number of carbonyl (C=O) groups is 1. The molecule has 1 amide bonds. The number of aromatic amines is 1. The van der Waals surface area contributed by atoms with E-state index in [2.05, 4.69) is 50.9 Å². The van der Waals surface area contributed by atoms with Crippen LogP contribution in [-0.4, -0.2) is 43.1 Å². The third-order valence-electron chi connectivity index (χ3n) is 6.11. The van der Waals surface area contributed by atoms with E-state index < -0.39 is 0 Å². The number of amides is 1.